The van der Waals surface area contributed by atoms with Crippen LogP contribution in [0, 0.1) is 10.1 Å². The Morgan fingerprint density at radius 1 is 1.35 bits per heavy atom. The molecule has 2 atom stereocenters. The number of carboxylic acids is 1. The number of β-amino-alcohol motifs (C(OH)–C–C–N with tert-alkyl or cyclic N) is 1. The third-order valence-electron chi connectivity index (χ3n) is 3.55. The van der Waals surface area contributed by atoms with Crippen LogP contribution in [0.1, 0.15) is 18.4 Å². The van der Waals surface area contributed by atoms with Gasteiger partial charge in [0.1, 0.15) is 6.61 Å². The van der Waals surface area contributed by atoms with Crippen molar-refractivity contribution in [1.29, 1.82) is 0 Å². The fourth-order valence-corrected chi connectivity index (χ4v) is 2.45. The van der Waals surface area contributed by atoms with Crippen LogP contribution >= 0.6 is 0 Å². The van der Waals surface area contributed by atoms with Crippen LogP contribution in [-0.2, 0) is 16.1 Å². The highest BCUT2D eigenvalue weighted by Gasteiger charge is 2.36. The molecule has 0 aromatic heterocycles. The largest absolute Gasteiger partial charge is 0.481 e. The van der Waals surface area contributed by atoms with Gasteiger partial charge in [-0.05, 0) is 24.1 Å². The van der Waals surface area contributed by atoms with E-state index in [1.807, 2.05) is 0 Å². The molecule has 0 radical (unpaired) electrons. The van der Waals surface area contributed by atoms with E-state index in [0.29, 0.717) is 5.56 Å². The normalized spacial score (nSPS) is 20.3. The first-order valence-electron chi connectivity index (χ1n) is 6.93. The van der Waals surface area contributed by atoms with Crippen molar-refractivity contribution in [3.8, 4) is 0 Å². The summed E-state index contributed by atoms with van der Waals surface area (Å²) in [5, 5.41) is 29.0. The second kappa shape index (κ2) is 7.05. The maximum absolute atomic E-state index is 12.0. The molecule has 1 aromatic rings. The number of likely N-dealkylation sites (tertiary alicyclic amines) is 1. The molecule has 1 fully saturated rings. The Labute approximate surface area is 131 Å². The molecule has 1 aromatic carbocycles. The highest BCUT2D eigenvalue weighted by Crippen LogP contribution is 2.22. The standard InChI is InChI=1S/C14H16N2O7/c17-12-5-11(6-13(18)19)15(7-12)14(20)23-8-9-1-3-10(4-2-9)16(21)22/h1-4,11-12,17H,5-8H2,(H,18,19). The number of amides is 1. The molecule has 0 aliphatic carbocycles. The third-order valence-corrected chi connectivity index (χ3v) is 3.55. The number of carbonyl (C=O) groups is 2. The SMILES string of the molecule is O=C(O)CC1CC(O)CN1C(=O)OCc1ccc([N+](=O)[O-])cc1. The van der Waals surface area contributed by atoms with Crippen molar-refractivity contribution < 1.29 is 29.5 Å². The lowest BCUT2D eigenvalue weighted by Gasteiger charge is -2.22. The predicted molar refractivity (Wildman–Crippen MR) is 76.7 cm³/mol. The van der Waals surface area contributed by atoms with Crippen molar-refractivity contribution in [2.45, 2.75) is 31.6 Å². The lowest BCUT2D eigenvalue weighted by atomic mass is 10.1. The van der Waals surface area contributed by atoms with Crippen LogP contribution in [0.4, 0.5) is 10.5 Å². The Bertz CT molecular complexity index is 602. The van der Waals surface area contributed by atoms with E-state index in [9.17, 15) is 24.8 Å². The summed E-state index contributed by atoms with van der Waals surface area (Å²) in [5.74, 6) is -1.06. The average molecular weight is 324 g/mol. The number of nitro benzene ring substituents is 1. The fraction of sp³-hybridized carbons (Fsp3) is 0.429. The number of nitro groups is 1. The van der Waals surface area contributed by atoms with Gasteiger partial charge in [0.2, 0.25) is 0 Å². The van der Waals surface area contributed by atoms with Gasteiger partial charge in [0.05, 0.1) is 24.0 Å². The summed E-state index contributed by atoms with van der Waals surface area (Å²) in [6.07, 6.45) is -1.56. The molecule has 9 nitrogen and oxygen atoms in total. The van der Waals surface area contributed by atoms with Crippen molar-refractivity contribution in [2.75, 3.05) is 6.54 Å². The van der Waals surface area contributed by atoms with E-state index >= 15 is 0 Å². The number of hydrogen-bond donors (Lipinski definition) is 2. The zero-order valence-corrected chi connectivity index (χ0v) is 12.1. The summed E-state index contributed by atoms with van der Waals surface area (Å²) < 4.78 is 5.09. The number of non-ortho nitro benzene ring substituents is 1. The Morgan fingerprint density at radius 3 is 2.57 bits per heavy atom. The molecule has 2 N–H and O–H groups in total. The van der Waals surface area contributed by atoms with Gasteiger partial charge < -0.3 is 19.8 Å². The highest BCUT2D eigenvalue weighted by atomic mass is 16.6. The van der Waals surface area contributed by atoms with Crippen LogP contribution in [0.3, 0.4) is 0 Å². The van der Waals surface area contributed by atoms with Gasteiger partial charge in [0.25, 0.3) is 5.69 Å². The molecule has 0 spiro atoms. The lowest BCUT2D eigenvalue weighted by Crippen LogP contribution is -2.37. The van der Waals surface area contributed by atoms with Gasteiger partial charge in [-0.3, -0.25) is 14.9 Å². The Kier molecular flexibility index (Phi) is 5.12. The third kappa shape index (κ3) is 4.39. The van der Waals surface area contributed by atoms with E-state index in [1.165, 1.54) is 29.2 Å². The van der Waals surface area contributed by atoms with Crippen molar-refractivity contribution in [1.82, 2.24) is 4.90 Å². The zero-order valence-electron chi connectivity index (χ0n) is 12.1. The van der Waals surface area contributed by atoms with Crippen LogP contribution in [0.25, 0.3) is 0 Å². The summed E-state index contributed by atoms with van der Waals surface area (Å²) in [6.45, 7) is -0.0692. The Balaban J connectivity index is 1.92. The number of benzene rings is 1. The second-order valence-electron chi connectivity index (χ2n) is 5.27. The predicted octanol–water partition coefficient (Wildman–Crippen LogP) is 1.14. The van der Waals surface area contributed by atoms with Crippen molar-refractivity contribution in [2.24, 2.45) is 0 Å². The molecule has 23 heavy (non-hydrogen) atoms. The molecule has 2 unspecified atom stereocenters. The smallest absolute Gasteiger partial charge is 0.410 e. The van der Waals surface area contributed by atoms with Gasteiger partial charge >= 0.3 is 12.1 Å². The van der Waals surface area contributed by atoms with Gasteiger partial charge in [-0.1, -0.05) is 0 Å². The van der Waals surface area contributed by atoms with Gasteiger partial charge in [-0.2, -0.15) is 0 Å². The first-order valence-corrected chi connectivity index (χ1v) is 6.93. The number of carbonyl (C=O) groups excluding carboxylic acids is 1. The second-order valence-corrected chi connectivity index (χ2v) is 5.27. The fourth-order valence-electron chi connectivity index (χ4n) is 2.45. The maximum atomic E-state index is 12.0. The van der Waals surface area contributed by atoms with Crippen LogP contribution in [-0.4, -0.2) is 50.8 Å². The summed E-state index contributed by atoms with van der Waals surface area (Å²) >= 11 is 0. The molecule has 124 valence electrons. The quantitative estimate of drug-likeness (QED) is 0.613. The van der Waals surface area contributed by atoms with E-state index in [4.69, 9.17) is 9.84 Å². The highest BCUT2D eigenvalue weighted by molar-refractivity contribution is 5.72. The summed E-state index contributed by atoms with van der Waals surface area (Å²) in [4.78, 5) is 34.0. The minimum absolute atomic E-state index is 0.0248. The van der Waals surface area contributed by atoms with Crippen LogP contribution in [0.15, 0.2) is 24.3 Å². The molecule has 2 rings (SSSR count). The van der Waals surface area contributed by atoms with Crippen LogP contribution < -0.4 is 0 Å². The zero-order chi connectivity index (χ0) is 17.0. The molecule has 1 aliphatic rings. The Hall–Kier alpha value is -2.68. The van der Waals surface area contributed by atoms with Crippen molar-refractivity contribution in [3.05, 3.63) is 39.9 Å². The monoisotopic (exact) mass is 324 g/mol. The van der Waals surface area contributed by atoms with E-state index in [0.717, 1.165) is 0 Å². The van der Waals surface area contributed by atoms with E-state index in [1.54, 1.807) is 0 Å². The average Bonchev–Trinajstić information content (AvgIpc) is 2.85. The number of rotatable bonds is 5. The molecule has 1 saturated heterocycles. The first kappa shape index (κ1) is 16.7. The van der Waals surface area contributed by atoms with Crippen molar-refractivity contribution >= 4 is 17.7 Å². The lowest BCUT2D eigenvalue weighted by molar-refractivity contribution is -0.384. The summed E-state index contributed by atoms with van der Waals surface area (Å²) in [6, 6.07) is 4.94. The Morgan fingerprint density at radius 2 is 2.00 bits per heavy atom. The number of aliphatic hydroxyl groups is 1. The van der Waals surface area contributed by atoms with Gasteiger partial charge in [0, 0.05) is 18.2 Å². The molecule has 1 heterocycles. The minimum atomic E-state index is -1.06. The number of aliphatic carboxylic acids is 1. The summed E-state index contributed by atoms with van der Waals surface area (Å²) in [7, 11) is 0. The number of nitrogens with zero attached hydrogens (tertiary/aromatic N) is 2. The van der Waals surface area contributed by atoms with Gasteiger partial charge in [0.15, 0.2) is 0 Å². The molecule has 0 bridgehead atoms. The molecular formula is C14H16N2O7. The minimum Gasteiger partial charge on any atom is -0.481 e. The molecule has 9 heteroatoms. The van der Waals surface area contributed by atoms with Crippen molar-refractivity contribution in [3.63, 3.8) is 0 Å². The molecular weight excluding hydrogens is 308 g/mol. The molecule has 1 aliphatic heterocycles. The molecule has 1 amide bonds. The number of aliphatic hydroxyl groups excluding tert-OH is 1. The van der Waals surface area contributed by atoms with Crippen LogP contribution in [0.2, 0.25) is 0 Å². The summed E-state index contributed by atoms with van der Waals surface area (Å²) in [5.41, 5.74) is 0.503. The van der Waals surface area contributed by atoms with Gasteiger partial charge in [-0.15, -0.1) is 0 Å². The van der Waals surface area contributed by atoms with Gasteiger partial charge in [-0.25, -0.2) is 4.79 Å². The topological polar surface area (TPSA) is 130 Å². The van der Waals surface area contributed by atoms with E-state index in [2.05, 4.69) is 0 Å². The van der Waals surface area contributed by atoms with E-state index < -0.39 is 29.1 Å². The van der Waals surface area contributed by atoms with Crippen LogP contribution in [0.5, 0.6) is 0 Å². The number of carboxylic acid groups (broad SMARTS) is 1. The maximum Gasteiger partial charge on any atom is 0.410 e. The van der Waals surface area contributed by atoms with E-state index in [-0.39, 0.29) is 31.7 Å². The number of ether oxygens (including phenoxy) is 1. The molecule has 0 saturated carbocycles. The number of hydrogen-bond acceptors (Lipinski definition) is 6. The first-order chi connectivity index (χ1) is 10.9.